The summed E-state index contributed by atoms with van der Waals surface area (Å²) in [4.78, 5) is 12.6. The van der Waals surface area contributed by atoms with Gasteiger partial charge in [0, 0.05) is 17.7 Å². The van der Waals surface area contributed by atoms with E-state index in [1.807, 2.05) is 12.1 Å². The molecular formula is C12H17ClOS. The Morgan fingerprint density at radius 3 is 2.73 bits per heavy atom. The van der Waals surface area contributed by atoms with Crippen LogP contribution in [-0.4, -0.2) is 5.78 Å². The van der Waals surface area contributed by atoms with E-state index >= 15 is 0 Å². The summed E-state index contributed by atoms with van der Waals surface area (Å²) in [5.41, 5.74) is 0. The summed E-state index contributed by atoms with van der Waals surface area (Å²) in [5.74, 6) is 0.338. The highest BCUT2D eigenvalue weighted by molar-refractivity contribution is 7.16. The van der Waals surface area contributed by atoms with Crippen LogP contribution in [0.2, 0.25) is 4.34 Å². The molecule has 1 nitrogen and oxygen atoms in total. The summed E-state index contributed by atoms with van der Waals surface area (Å²) < 4.78 is 0.767. The van der Waals surface area contributed by atoms with E-state index in [1.54, 1.807) is 0 Å². The van der Waals surface area contributed by atoms with E-state index in [4.69, 9.17) is 11.6 Å². The number of Topliss-reactive ketones (excluding diaryl/α,β-unsaturated/α-hetero) is 1. The molecule has 1 rings (SSSR count). The van der Waals surface area contributed by atoms with Gasteiger partial charge in [-0.15, -0.1) is 11.3 Å². The van der Waals surface area contributed by atoms with Gasteiger partial charge >= 0.3 is 0 Å². The molecule has 0 unspecified atom stereocenters. The molecule has 1 heterocycles. The first-order chi connectivity index (χ1) is 7.22. The number of carbonyl (C=O) groups excluding carboxylic acids is 1. The van der Waals surface area contributed by atoms with Crippen LogP contribution in [-0.2, 0) is 11.2 Å². The van der Waals surface area contributed by atoms with Gasteiger partial charge in [0.2, 0.25) is 0 Å². The van der Waals surface area contributed by atoms with Crippen molar-refractivity contribution in [3.05, 3.63) is 21.3 Å². The van der Waals surface area contributed by atoms with E-state index in [1.165, 1.54) is 30.6 Å². The second kappa shape index (κ2) is 7.02. The topological polar surface area (TPSA) is 17.1 Å². The molecule has 0 atom stereocenters. The minimum absolute atomic E-state index is 0.338. The zero-order valence-electron chi connectivity index (χ0n) is 9.09. The van der Waals surface area contributed by atoms with Crippen molar-refractivity contribution in [3.63, 3.8) is 0 Å². The molecule has 0 fully saturated rings. The third-order valence-electron chi connectivity index (χ3n) is 2.31. The van der Waals surface area contributed by atoms with Gasteiger partial charge in [0.05, 0.1) is 4.34 Å². The van der Waals surface area contributed by atoms with Crippen molar-refractivity contribution < 1.29 is 4.79 Å². The molecule has 0 radical (unpaired) electrons. The van der Waals surface area contributed by atoms with Crippen LogP contribution >= 0.6 is 22.9 Å². The lowest BCUT2D eigenvalue weighted by atomic mass is 10.1. The van der Waals surface area contributed by atoms with Gasteiger partial charge in [0.15, 0.2) is 0 Å². The lowest BCUT2D eigenvalue weighted by molar-refractivity contribution is -0.118. The quantitative estimate of drug-likeness (QED) is 0.646. The minimum Gasteiger partial charge on any atom is -0.299 e. The van der Waals surface area contributed by atoms with Crippen LogP contribution in [0.1, 0.15) is 43.9 Å². The molecule has 1 aromatic heterocycles. The molecule has 0 aromatic carbocycles. The maximum absolute atomic E-state index is 11.5. The number of hydrogen-bond donors (Lipinski definition) is 0. The molecule has 0 aliphatic rings. The van der Waals surface area contributed by atoms with Gasteiger partial charge in [-0.1, -0.05) is 37.8 Å². The van der Waals surface area contributed by atoms with Crippen molar-refractivity contribution in [3.8, 4) is 0 Å². The molecule has 0 aliphatic heterocycles. The summed E-state index contributed by atoms with van der Waals surface area (Å²) in [6.45, 7) is 2.18. The van der Waals surface area contributed by atoms with Gasteiger partial charge in [0.1, 0.15) is 5.78 Å². The number of thiophene rings is 1. The maximum atomic E-state index is 11.5. The molecule has 0 bridgehead atoms. The Morgan fingerprint density at radius 1 is 1.33 bits per heavy atom. The van der Waals surface area contributed by atoms with Crippen molar-refractivity contribution in [2.24, 2.45) is 0 Å². The van der Waals surface area contributed by atoms with E-state index in [0.29, 0.717) is 12.2 Å². The highest BCUT2D eigenvalue weighted by atomic mass is 35.5. The summed E-state index contributed by atoms with van der Waals surface area (Å²) in [7, 11) is 0. The van der Waals surface area contributed by atoms with E-state index in [9.17, 15) is 4.79 Å². The second-order valence-corrected chi connectivity index (χ2v) is 5.53. The lowest BCUT2D eigenvalue weighted by Crippen LogP contribution is -2.00. The van der Waals surface area contributed by atoms with Crippen LogP contribution in [0.5, 0.6) is 0 Å². The van der Waals surface area contributed by atoms with Gasteiger partial charge in [-0.05, 0) is 18.6 Å². The second-order valence-electron chi connectivity index (χ2n) is 3.73. The standard InChI is InChI=1S/C12H17ClOS/c1-2-3-4-5-6-10(14)9-11-7-8-12(13)15-11/h7-8H,2-6,9H2,1H3. The fourth-order valence-corrected chi connectivity index (χ4v) is 2.59. The fourth-order valence-electron chi connectivity index (χ4n) is 1.48. The van der Waals surface area contributed by atoms with Gasteiger partial charge in [-0.3, -0.25) is 4.79 Å². The molecule has 0 saturated heterocycles. The van der Waals surface area contributed by atoms with Gasteiger partial charge in [0.25, 0.3) is 0 Å². The van der Waals surface area contributed by atoms with Crippen LogP contribution in [0.25, 0.3) is 0 Å². The molecule has 1 aromatic rings. The van der Waals surface area contributed by atoms with Crippen molar-refractivity contribution in [2.45, 2.75) is 45.4 Å². The summed E-state index contributed by atoms with van der Waals surface area (Å²) in [6, 6.07) is 3.79. The molecule has 0 spiro atoms. The number of ketones is 1. The lowest BCUT2D eigenvalue weighted by Gasteiger charge is -1.98. The normalized spacial score (nSPS) is 10.5. The zero-order chi connectivity index (χ0) is 11.1. The molecule has 0 amide bonds. The van der Waals surface area contributed by atoms with E-state index < -0.39 is 0 Å². The summed E-state index contributed by atoms with van der Waals surface area (Å²) in [6.07, 6.45) is 5.94. The largest absolute Gasteiger partial charge is 0.299 e. The maximum Gasteiger partial charge on any atom is 0.138 e. The SMILES string of the molecule is CCCCCCC(=O)Cc1ccc(Cl)s1. The Morgan fingerprint density at radius 2 is 2.13 bits per heavy atom. The monoisotopic (exact) mass is 244 g/mol. The predicted molar refractivity (Wildman–Crippen MR) is 66.8 cm³/mol. The first-order valence-electron chi connectivity index (χ1n) is 5.48. The van der Waals surface area contributed by atoms with Crippen LogP contribution in [0.15, 0.2) is 12.1 Å². The highest BCUT2D eigenvalue weighted by Gasteiger charge is 2.05. The van der Waals surface area contributed by atoms with E-state index in [2.05, 4.69) is 6.92 Å². The van der Waals surface area contributed by atoms with Crippen molar-refractivity contribution in [1.29, 1.82) is 0 Å². The Hall–Kier alpha value is -0.340. The summed E-state index contributed by atoms with van der Waals surface area (Å²) >= 11 is 7.30. The van der Waals surface area contributed by atoms with Crippen LogP contribution < -0.4 is 0 Å². The minimum atomic E-state index is 0.338. The van der Waals surface area contributed by atoms with Gasteiger partial charge in [-0.25, -0.2) is 0 Å². The Labute approximate surface area is 100 Å². The number of carbonyl (C=O) groups is 1. The molecule has 84 valence electrons. The number of hydrogen-bond acceptors (Lipinski definition) is 2. The number of halogens is 1. The van der Waals surface area contributed by atoms with Crippen molar-refractivity contribution in [2.75, 3.05) is 0 Å². The van der Waals surface area contributed by atoms with Crippen molar-refractivity contribution in [1.82, 2.24) is 0 Å². The zero-order valence-corrected chi connectivity index (χ0v) is 10.7. The summed E-state index contributed by atoms with van der Waals surface area (Å²) in [5, 5.41) is 0. The van der Waals surface area contributed by atoms with Crippen molar-refractivity contribution >= 4 is 28.7 Å². The number of rotatable bonds is 7. The Balaban J connectivity index is 2.18. The third kappa shape index (κ3) is 5.33. The first kappa shape index (κ1) is 12.7. The molecule has 0 N–H and O–H groups in total. The van der Waals surface area contributed by atoms with E-state index in [-0.39, 0.29) is 0 Å². The first-order valence-corrected chi connectivity index (χ1v) is 6.67. The van der Waals surface area contributed by atoms with Gasteiger partial charge < -0.3 is 0 Å². The Kier molecular flexibility index (Phi) is 5.96. The molecule has 15 heavy (non-hydrogen) atoms. The average Bonchev–Trinajstić information content (AvgIpc) is 2.59. The molecule has 0 saturated carbocycles. The van der Waals surface area contributed by atoms with Crippen LogP contribution in [0, 0.1) is 0 Å². The number of unbranched alkanes of at least 4 members (excludes halogenated alkanes) is 3. The van der Waals surface area contributed by atoms with E-state index in [0.717, 1.165) is 22.1 Å². The molecule has 0 aliphatic carbocycles. The molecular weight excluding hydrogens is 228 g/mol. The molecule has 3 heteroatoms. The van der Waals surface area contributed by atoms with Crippen LogP contribution in [0.3, 0.4) is 0 Å². The Bertz CT molecular complexity index is 306. The van der Waals surface area contributed by atoms with Gasteiger partial charge in [-0.2, -0.15) is 0 Å². The smallest absolute Gasteiger partial charge is 0.138 e. The predicted octanol–water partition coefficient (Wildman–Crippen LogP) is 4.48. The average molecular weight is 245 g/mol. The third-order valence-corrected chi connectivity index (χ3v) is 3.54. The fraction of sp³-hybridized carbons (Fsp3) is 0.583. The van der Waals surface area contributed by atoms with Crippen LogP contribution in [0.4, 0.5) is 0 Å². The highest BCUT2D eigenvalue weighted by Crippen LogP contribution is 2.22.